The number of carbonyl (C=O) groups is 2. The van der Waals surface area contributed by atoms with Gasteiger partial charge < -0.3 is 10.1 Å². The summed E-state index contributed by atoms with van der Waals surface area (Å²) >= 11 is 0. The van der Waals surface area contributed by atoms with E-state index in [9.17, 15) is 18.0 Å². The number of carbonyl (C=O) groups excluding carboxylic acids is 2. The normalized spacial score (nSPS) is 12.3. The number of sulfonamides is 1. The Morgan fingerprint density at radius 3 is 2.61 bits per heavy atom. The fourth-order valence-electron chi connectivity index (χ4n) is 1.96. The van der Waals surface area contributed by atoms with E-state index in [4.69, 9.17) is 4.74 Å². The van der Waals surface area contributed by atoms with E-state index in [1.54, 1.807) is 0 Å². The van der Waals surface area contributed by atoms with Gasteiger partial charge in [0.15, 0.2) is 6.61 Å². The molecular formula is C15H22N2O5S. The molecule has 0 radical (unpaired) electrons. The molecule has 0 spiro atoms. The third-order valence-electron chi connectivity index (χ3n) is 2.86. The summed E-state index contributed by atoms with van der Waals surface area (Å²) in [5.41, 5.74) is 0.413. The third kappa shape index (κ3) is 7.64. The van der Waals surface area contributed by atoms with Gasteiger partial charge in [-0.05, 0) is 31.5 Å². The van der Waals surface area contributed by atoms with Gasteiger partial charge in [-0.25, -0.2) is 13.2 Å². The highest BCUT2D eigenvalue weighted by atomic mass is 32.2. The molecule has 0 unspecified atom stereocenters. The van der Waals surface area contributed by atoms with Crippen LogP contribution in [0.15, 0.2) is 24.3 Å². The summed E-state index contributed by atoms with van der Waals surface area (Å²) in [6, 6.07) is 5.88. The summed E-state index contributed by atoms with van der Waals surface area (Å²) in [6.45, 7) is 3.51. The van der Waals surface area contributed by atoms with Gasteiger partial charge in [0.1, 0.15) is 0 Å². The molecule has 7 nitrogen and oxygen atoms in total. The van der Waals surface area contributed by atoms with E-state index in [0.717, 1.165) is 19.1 Å². The molecule has 8 heteroatoms. The first-order valence-electron chi connectivity index (χ1n) is 7.25. The Balaban J connectivity index is 2.58. The molecule has 1 atom stereocenters. The molecule has 0 bridgehead atoms. The van der Waals surface area contributed by atoms with Crippen LogP contribution >= 0.6 is 0 Å². The number of rotatable bonds is 8. The predicted octanol–water partition coefficient (Wildman–Crippen LogP) is 1.52. The molecule has 0 saturated heterocycles. The Hall–Kier alpha value is -2.09. The number of esters is 1. The van der Waals surface area contributed by atoms with Crippen molar-refractivity contribution in [1.82, 2.24) is 5.32 Å². The molecule has 0 aliphatic rings. The molecule has 0 aromatic heterocycles. The summed E-state index contributed by atoms with van der Waals surface area (Å²) in [4.78, 5) is 23.5. The van der Waals surface area contributed by atoms with Crippen molar-refractivity contribution in [2.75, 3.05) is 17.6 Å². The first-order chi connectivity index (χ1) is 10.7. The Labute approximate surface area is 136 Å². The van der Waals surface area contributed by atoms with Gasteiger partial charge in [-0.3, -0.25) is 9.52 Å². The summed E-state index contributed by atoms with van der Waals surface area (Å²) in [5, 5.41) is 2.72. The number of ether oxygens (including phenoxy) is 1. The number of nitrogens with one attached hydrogen (secondary N) is 2. The summed E-state index contributed by atoms with van der Waals surface area (Å²) in [6.07, 6.45) is 2.81. The Morgan fingerprint density at radius 1 is 1.30 bits per heavy atom. The van der Waals surface area contributed by atoms with Gasteiger partial charge >= 0.3 is 5.97 Å². The van der Waals surface area contributed by atoms with Crippen LogP contribution in [0, 0.1) is 0 Å². The van der Waals surface area contributed by atoms with Crippen LogP contribution in [-0.2, 0) is 19.6 Å². The average molecular weight is 342 g/mol. The molecule has 1 amide bonds. The van der Waals surface area contributed by atoms with Crippen LogP contribution in [0.1, 0.15) is 37.0 Å². The van der Waals surface area contributed by atoms with Crippen molar-refractivity contribution in [1.29, 1.82) is 0 Å². The zero-order valence-corrected chi connectivity index (χ0v) is 14.3. The quantitative estimate of drug-likeness (QED) is 0.698. The second-order valence-electron chi connectivity index (χ2n) is 5.29. The van der Waals surface area contributed by atoms with Crippen LogP contribution in [0.3, 0.4) is 0 Å². The predicted molar refractivity (Wildman–Crippen MR) is 87.7 cm³/mol. The van der Waals surface area contributed by atoms with E-state index in [1.165, 1.54) is 24.3 Å². The maximum Gasteiger partial charge on any atom is 0.338 e. The van der Waals surface area contributed by atoms with Crippen LogP contribution < -0.4 is 10.0 Å². The minimum absolute atomic E-state index is 0.0218. The zero-order chi connectivity index (χ0) is 17.5. The maximum atomic E-state index is 11.9. The van der Waals surface area contributed by atoms with Gasteiger partial charge in [0.05, 0.1) is 11.8 Å². The van der Waals surface area contributed by atoms with Gasteiger partial charge in [-0.15, -0.1) is 0 Å². The van der Waals surface area contributed by atoms with Gasteiger partial charge in [0, 0.05) is 11.7 Å². The molecule has 1 aromatic rings. The van der Waals surface area contributed by atoms with E-state index < -0.39 is 16.0 Å². The second-order valence-corrected chi connectivity index (χ2v) is 7.04. The summed E-state index contributed by atoms with van der Waals surface area (Å²) in [7, 11) is -3.43. The van der Waals surface area contributed by atoms with Crippen molar-refractivity contribution in [3.05, 3.63) is 29.8 Å². The highest BCUT2D eigenvalue weighted by Crippen LogP contribution is 2.12. The largest absolute Gasteiger partial charge is 0.452 e. The summed E-state index contributed by atoms with van der Waals surface area (Å²) in [5.74, 6) is -1.06. The Bertz CT molecular complexity index is 658. The molecule has 1 rings (SSSR count). The van der Waals surface area contributed by atoms with Crippen molar-refractivity contribution in [2.45, 2.75) is 32.7 Å². The Morgan fingerprint density at radius 2 is 2.00 bits per heavy atom. The SMILES string of the molecule is CCC[C@H](C)NC(=O)COC(=O)c1cccc(NS(C)(=O)=O)c1. The molecule has 0 saturated carbocycles. The van der Waals surface area contributed by atoms with Crippen LogP contribution in [0.25, 0.3) is 0 Å². The number of amides is 1. The van der Waals surface area contributed by atoms with E-state index in [2.05, 4.69) is 10.0 Å². The van der Waals surface area contributed by atoms with E-state index in [-0.39, 0.29) is 29.8 Å². The molecule has 0 aliphatic carbocycles. The zero-order valence-electron chi connectivity index (χ0n) is 13.5. The number of hydrogen-bond acceptors (Lipinski definition) is 5. The van der Waals surface area contributed by atoms with E-state index in [0.29, 0.717) is 0 Å². The van der Waals surface area contributed by atoms with Gasteiger partial charge in [0.2, 0.25) is 10.0 Å². The lowest BCUT2D eigenvalue weighted by molar-refractivity contribution is -0.124. The molecular weight excluding hydrogens is 320 g/mol. The number of anilines is 1. The van der Waals surface area contributed by atoms with E-state index in [1.807, 2.05) is 13.8 Å². The lowest BCUT2D eigenvalue weighted by Gasteiger charge is -2.13. The molecule has 0 heterocycles. The lowest BCUT2D eigenvalue weighted by atomic mass is 10.2. The van der Waals surface area contributed by atoms with Crippen LogP contribution in [-0.4, -0.2) is 39.2 Å². The minimum atomic E-state index is -3.43. The second kappa shape index (κ2) is 8.52. The first-order valence-corrected chi connectivity index (χ1v) is 9.14. The van der Waals surface area contributed by atoms with Gasteiger partial charge in [-0.2, -0.15) is 0 Å². The average Bonchev–Trinajstić information content (AvgIpc) is 2.43. The van der Waals surface area contributed by atoms with Crippen LogP contribution in [0.4, 0.5) is 5.69 Å². The minimum Gasteiger partial charge on any atom is -0.452 e. The van der Waals surface area contributed by atoms with Crippen LogP contribution in [0.2, 0.25) is 0 Å². The number of hydrogen-bond donors (Lipinski definition) is 2. The molecule has 0 aliphatic heterocycles. The van der Waals surface area contributed by atoms with Crippen LogP contribution in [0.5, 0.6) is 0 Å². The van der Waals surface area contributed by atoms with E-state index >= 15 is 0 Å². The van der Waals surface area contributed by atoms with Crippen molar-refractivity contribution < 1.29 is 22.7 Å². The van der Waals surface area contributed by atoms with Crippen molar-refractivity contribution in [3.63, 3.8) is 0 Å². The highest BCUT2D eigenvalue weighted by Gasteiger charge is 2.13. The third-order valence-corrected chi connectivity index (χ3v) is 3.47. The lowest BCUT2D eigenvalue weighted by Crippen LogP contribution is -2.35. The monoisotopic (exact) mass is 342 g/mol. The Kier molecular flexibility index (Phi) is 7.02. The molecule has 2 N–H and O–H groups in total. The van der Waals surface area contributed by atoms with Crippen molar-refractivity contribution >= 4 is 27.6 Å². The maximum absolute atomic E-state index is 11.9. The first kappa shape index (κ1) is 19.0. The number of benzene rings is 1. The van der Waals surface area contributed by atoms with Gasteiger partial charge in [-0.1, -0.05) is 19.4 Å². The topological polar surface area (TPSA) is 102 Å². The standard InChI is InChI=1S/C15H22N2O5S/c1-4-6-11(2)16-14(18)10-22-15(19)12-7-5-8-13(9-12)17-23(3,20)21/h5,7-9,11,17H,4,6,10H2,1-3H3,(H,16,18)/t11-/m0/s1. The molecule has 0 fully saturated rings. The molecule has 128 valence electrons. The molecule has 1 aromatic carbocycles. The highest BCUT2D eigenvalue weighted by molar-refractivity contribution is 7.92. The van der Waals surface area contributed by atoms with Gasteiger partial charge in [0.25, 0.3) is 5.91 Å². The summed E-state index contributed by atoms with van der Waals surface area (Å²) < 4.78 is 29.5. The van der Waals surface area contributed by atoms with Crippen molar-refractivity contribution in [2.24, 2.45) is 0 Å². The molecule has 23 heavy (non-hydrogen) atoms. The smallest absolute Gasteiger partial charge is 0.338 e. The fraction of sp³-hybridized carbons (Fsp3) is 0.467. The fourth-order valence-corrected chi connectivity index (χ4v) is 2.51. The van der Waals surface area contributed by atoms with Crippen molar-refractivity contribution in [3.8, 4) is 0 Å².